The van der Waals surface area contributed by atoms with Gasteiger partial charge in [0.1, 0.15) is 0 Å². The molecule has 0 amide bonds. The minimum absolute atomic E-state index is 0.0826. The predicted octanol–water partition coefficient (Wildman–Crippen LogP) is 4.20. The maximum absolute atomic E-state index is 11.6. The average molecular weight is 371 g/mol. The van der Waals surface area contributed by atoms with Crippen LogP contribution in [-0.4, -0.2) is 45.0 Å². The monoisotopic (exact) mass is 370 g/mol. The lowest BCUT2D eigenvalue weighted by atomic mass is 9.99. The molecule has 0 spiro atoms. The number of rotatable bonds is 6. The molecule has 1 saturated heterocycles. The van der Waals surface area contributed by atoms with E-state index in [9.17, 15) is 9.90 Å². The van der Waals surface area contributed by atoms with Gasteiger partial charge in [-0.15, -0.1) is 0 Å². The fourth-order valence-corrected chi connectivity index (χ4v) is 4.23. The second-order valence-electron chi connectivity index (χ2n) is 8.85. The van der Waals surface area contributed by atoms with Gasteiger partial charge in [0, 0.05) is 19.1 Å². The molecule has 0 aromatic rings. The third kappa shape index (κ3) is 4.93. The summed E-state index contributed by atoms with van der Waals surface area (Å²) in [6, 6.07) is 0. The largest absolute Gasteiger partial charge is 0.481 e. The van der Waals surface area contributed by atoms with E-state index in [1.54, 1.807) is 0 Å². The molecule has 1 aliphatic carbocycles. The molecule has 1 aliphatic heterocycles. The number of carbonyl (C=O) groups is 1. The first-order chi connectivity index (χ1) is 11.5. The summed E-state index contributed by atoms with van der Waals surface area (Å²) >= 11 is 0. The van der Waals surface area contributed by atoms with Crippen molar-refractivity contribution in [3.05, 3.63) is 12.2 Å². The Kier molecular flexibility index (Phi) is 6.52. The van der Waals surface area contributed by atoms with Gasteiger partial charge in [0.25, 0.3) is 0 Å². The molecular weight excluding hydrogens is 336 g/mol. The molecule has 1 N–H and O–H groups in total. The molecule has 6 heteroatoms. The molecule has 1 heterocycles. The van der Waals surface area contributed by atoms with Crippen molar-refractivity contribution in [3.8, 4) is 0 Å². The van der Waals surface area contributed by atoms with Crippen molar-refractivity contribution in [1.82, 2.24) is 0 Å². The van der Waals surface area contributed by atoms with Crippen LogP contribution >= 0.6 is 0 Å². The molecule has 25 heavy (non-hydrogen) atoms. The van der Waals surface area contributed by atoms with E-state index in [4.69, 9.17) is 13.9 Å². The van der Waals surface area contributed by atoms with Crippen molar-refractivity contribution in [2.24, 2.45) is 11.8 Å². The lowest BCUT2D eigenvalue weighted by Crippen LogP contribution is -2.43. The molecule has 0 radical (unpaired) electrons. The Bertz CT molecular complexity index is 491. The molecule has 0 aromatic heterocycles. The van der Waals surface area contributed by atoms with Gasteiger partial charge in [0.2, 0.25) is 0 Å². The van der Waals surface area contributed by atoms with Crippen LogP contribution in [-0.2, 0) is 18.7 Å². The van der Waals surface area contributed by atoms with Gasteiger partial charge in [0.15, 0.2) is 14.6 Å². The van der Waals surface area contributed by atoms with Crippen LogP contribution in [0.1, 0.15) is 46.5 Å². The van der Waals surface area contributed by atoms with Crippen molar-refractivity contribution in [3.63, 3.8) is 0 Å². The van der Waals surface area contributed by atoms with Crippen LogP contribution < -0.4 is 0 Å². The van der Waals surface area contributed by atoms with Crippen LogP contribution in [0.4, 0.5) is 0 Å². The molecule has 0 bridgehead atoms. The summed E-state index contributed by atoms with van der Waals surface area (Å²) in [5.41, 5.74) is 0.729. The van der Waals surface area contributed by atoms with Crippen molar-refractivity contribution < 1.29 is 23.8 Å². The maximum Gasteiger partial charge on any atom is 0.310 e. The van der Waals surface area contributed by atoms with Crippen LogP contribution in [0.2, 0.25) is 18.1 Å². The predicted molar refractivity (Wildman–Crippen MR) is 100.0 cm³/mol. The summed E-state index contributed by atoms with van der Waals surface area (Å²) in [4.78, 5) is 11.6. The third-order valence-corrected chi connectivity index (χ3v) is 10.5. The Morgan fingerprint density at radius 2 is 2.04 bits per heavy atom. The summed E-state index contributed by atoms with van der Waals surface area (Å²) in [5, 5.41) is 9.62. The van der Waals surface area contributed by atoms with Gasteiger partial charge < -0.3 is 19.0 Å². The number of hydrogen-bond donors (Lipinski definition) is 1. The van der Waals surface area contributed by atoms with E-state index < -0.39 is 20.2 Å². The molecule has 5 nitrogen and oxygen atoms in total. The highest BCUT2D eigenvalue weighted by Gasteiger charge is 2.45. The van der Waals surface area contributed by atoms with Crippen molar-refractivity contribution >= 4 is 14.3 Å². The fourth-order valence-electron chi connectivity index (χ4n) is 3.20. The lowest BCUT2D eigenvalue weighted by molar-refractivity contribution is -0.195. The van der Waals surface area contributed by atoms with Crippen LogP contribution in [0.3, 0.4) is 0 Å². The van der Waals surface area contributed by atoms with Gasteiger partial charge in [-0.25, -0.2) is 0 Å². The van der Waals surface area contributed by atoms with E-state index in [1.807, 2.05) is 0 Å². The van der Waals surface area contributed by atoms with E-state index in [1.165, 1.54) is 0 Å². The molecule has 2 rings (SSSR count). The van der Waals surface area contributed by atoms with Crippen LogP contribution in [0.5, 0.6) is 0 Å². The Morgan fingerprint density at radius 1 is 1.36 bits per heavy atom. The highest BCUT2D eigenvalue weighted by atomic mass is 28.4. The van der Waals surface area contributed by atoms with Gasteiger partial charge in [-0.1, -0.05) is 32.9 Å². The second kappa shape index (κ2) is 7.90. The first-order valence-corrected chi connectivity index (χ1v) is 12.3. The van der Waals surface area contributed by atoms with Crippen LogP contribution in [0.15, 0.2) is 12.2 Å². The number of carboxylic acid groups (broad SMARTS) is 1. The minimum atomic E-state index is -1.91. The Labute approximate surface area is 152 Å². The SMILES string of the molecule is C=C1[C@H](C(=O)O)C[C@H](OC2CCCCO2)[C@H]1CO[Si](C)(C)C(C)(C)C. The molecule has 1 unspecified atom stereocenters. The van der Waals surface area contributed by atoms with Gasteiger partial charge in [-0.2, -0.15) is 0 Å². The van der Waals surface area contributed by atoms with Crippen LogP contribution in [0.25, 0.3) is 0 Å². The van der Waals surface area contributed by atoms with Crippen molar-refractivity contribution in [1.29, 1.82) is 0 Å². The van der Waals surface area contributed by atoms with E-state index in [2.05, 4.69) is 40.4 Å². The fraction of sp³-hybridized carbons (Fsp3) is 0.842. The Hall–Kier alpha value is -0.693. The molecule has 2 fully saturated rings. The van der Waals surface area contributed by atoms with Gasteiger partial charge in [-0.05, 0) is 43.8 Å². The van der Waals surface area contributed by atoms with E-state index in [-0.39, 0.29) is 23.4 Å². The second-order valence-corrected chi connectivity index (χ2v) is 13.7. The summed E-state index contributed by atoms with van der Waals surface area (Å²) in [7, 11) is -1.91. The normalized spacial score (nSPS) is 31.3. The number of aliphatic carboxylic acids is 1. The zero-order chi connectivity index (χ0) is 18.8. The van der Waals surface area contributed by atoms with Crippen LogP contribution in [0, 0.1) is 11.8 Å². The topological polar surface area (TPSA) is 65.0 Å². The summed E-state index contributed by atoms with van der Waals surface area (Å²) in [6.45, 7) is 16.3. The van der Waals surface area contributed by atoms with Crippen molar-refractivity contribution in [2.75, 3.05) is 13.2 Å². The van der Waals surface area contributed by atoms with Gasteiger partial charge in [0.05, 0.1) is 12.0 Å². The summed E-state index contributed by atoms with van der Waals surface area (Å²) < 4.78 is 18.2. The summed E-state index contributed by atoms with van der Waals surface area (Å²) in [6.07, 6.45) is 3.06. The Balaban J connectivity index is 2.06. The van der Waals surface area contributed by atoms with E-state index in [0.29, 0.717) is 19.6 Å². The molecular formula is C19H34O5Si. The quantitative estimate of drug-likeness (QED) is 0.561. The smallest absolute Gasteiger partial charge is 0.310 e. The molecule has 1 saturated carbocycles. The zero-order valence-corrected chi connectivity index (χ0v) is 17.3. The number of hydrogen-bond acceptors (Lipinski definition) is 4. The van der Waals surface area contributed by atoms with Crippen molar-refractivity contribution in [2.45, 2.75) is 77.0 Å². The highest BCUT2D eigenvalue weighted by molar-refractivity contribution is 6.74. The number of ether oxygens (including phenoxy) is 2. The third-order valence-electron chi connectivity index (χ3n) is 6.03. The average Bonchev–Trinajstić information content (AvgIpc) is 2.81. The molecule has 144 valence electrons. The molecule has 0 aromatic carbocycles. The zero-order valence-electron chi connectivity index (χ0n) is 16.3. The standard InChI is InChI=1S/C19H34O5Si/c1-13-14(18(20)21)11-16(24-17-9-7-8-10-22-17)15(13)12-23-25(5,6)19(2,3)4/h14-17H,1,7-12H2,2-6H3,(H,20,21)/t14-,15+,16+,17?/m1/s1. The summed E-state index contributed by atoms with van der Waals surface area (Å²) in [5.74, 6) is -1.46. The number of carboxylic acids is 1. The first-order valence-electron chi connectivity index (χ1n) is 9.35. The maximum atomic E-state index is 11.6. The van der Waals surface area contributed by atoms with E-state index in [0.717, 1.165) is 24.8 Å². The molecule has 2 aliphatic rings. The van der Waals surface area contributed by atoms with Gasteiger partial charge in [-0.3, -0.25) is 4.79 Å². The lowest BCUT2D eigenvalue weighted by Gasteiger charge is -2.38. The highest BCUT2D eigenvalue weighted by Crippen LogP contribution is 2.42. The molecule has 4 atom stereocenters. The van der Waals surface area contributed by atoms with Gasteiger partial charge >= 0.3 is 5.97 Å². The van der Waals surface area contributed by atoms with E-state index >= 15 is 0 Å². The minimum Gasteiger partial charge on any atom is -0.481 e. The Morgan fingerprint density at radius 3 is 2.56 bits per heavy atom. The first kappa shape index (κ1) is 20.6.